The molecule has 5 N–H and O–H groups in total. The summed E-state index contributed by atoms with van der Waals surface area (Å²) in [6.45, 7) is 0.226. The number of rotatable bonds is 5. The summed E-state index contributed by atoms with van der Waals surface area (Å²) in [7, 11) is 0. The third kappa shape index (κ3) is 3.42. The van der Waals surface area contributed by atoms with Crippen molar-refractivity contribution in [1.29, 1.82) is 0 Å². The van der Waals surface area contributed by atoms with Crippen LogP contribution in [0, 0.1) is 0 Å². The topological polar surface area (TPSA) is 97.8 Å². The van der Waals surface area contributed by atoms with E-state index in [9.17, 15) is 4.79 Å². The fraction of sp³-hybridized carbons (Fsp3) is 0.0526. The van der Waals surface area contributed by atoms with Crippen LogP contribution < -0.4 is 11.5 Å². The maximum absolute atomic E-state index is 11.5. The van der Waals surface area contributed by atoms with Crippen molar-refractivity contribution in [2.45, 2.75) is 6.54 Å². The van der Waals surface area contributed by atoms with Gasteiger partial charge in [-0.15, -0.1) is 0 Å². The van der Waals surface area contributed by atoms with Crippen molar-refractivity contribution < 1.29 is 4.79 Å². The molecule has 0 atom stereocenters. The van der Waals surface area contributed by atoms with Crippen LogP contribution in [0.15, 0.2) is 54.7 Å². The number of nitrogens with one attached hydrogen (secondary N) is 1. The number of carbonyl (C=O) groups excluding carboxylic acids is 1. The third-order valence-corrected chi connectivity index (χ3v) is 3.71. The Morgan fingerprint density at radius 3 is 2.58 bits per heavy atom. The molecule has 24 heavy (non-hydrogen) atoms. The molecule has 0 aliphatic rings. The van der Waals surface area contributed by atoms with E-state index in [0.29, 0.717) is 11.3 Å². The van der Waals surface area contributed by atoms with Crippen LogP contribution in [0.25, 0.3) is 23.4 Å². The van der Waals surface area contributed by atoms with Gasteiger partial charge < -0.3 is 16.5 Å². The van der Waals surface area contributed by atoms with Crippen molar-refractivity contribution in [1.82, 2.24) is 9.97 Å². The molecule has 3 aromatic rings. The highest BCUT2D eigenvalue weighted by Gasteiger charge is 2.12. The van der Waals surface area contributed by atoms with Gasteiger partial charge in [-0.2, -0.15) is 0 Å². The van der Waals surface area contributed by atoms with Crippen molar-refractivity contribution in [3.8, 4) is 11.3 Å². The van der Waals surface area contributed by atoms with Gasteiger partial charge in [-0.3, -0.25) is 9.78 Å². The van der Waals surface area contributed by atoms with Gasteiger partial charge in [0.15, 0.2) is 0 Å². The number of H-pyrrole nitrogens is 1. The van der Waals surface area contributed by atoms with Gasteiger partial charge in [0.1, 0.15) is 0 Å². The maximum atomic E-state index is 11.5. The molecular weight excluding hydrogens is 300 g/mol. The first-order chi connectivity index (χ1) is 11.7. The molecule has 5 heteroatoms. The van der Waals surface area contributed by atoms with E-state index < -0.39 is 5.91 Å². The summed E-state index contributed by atoms with van der Waals surface area (Å²) in [6.07, 6.45) is 5.68. The number of aromatic nitrogens is 2. The lowest BCUT2D eigenvalue weighted by atomic mass is 10.1. The van der Waals surface area contributed by atoms with Gasteiger partial charge in [0.2, 0.25) is 0 Å². The van der Waals surface area contributed by atoms with Crippen LogP contribution in [-0.2, 0) is 6.54 Å². The predicted octanol–water partition coefficient (Wildman–Crippen LogP) is 2.80. The number of carbonyl (C=O) groups is 1. The number of primary amides is 1. The zero-order valence-corrected chi connectivity index (χ0v) is 13.1. The van der Waals surface area contributed by atoms with Gasteiger partial charge in [-0.25, -0.2) is 0 Å². The molecule has 0 saturated carbocycles. The molecular formula is C19H18N4O. The largest absolute Gasteiger partial charge is 0.366 e. The normalized spacial score (nSPS) is 11.0. The summed E-state index contributed by atoms with van der Waals surface area (Å²) >= 11 is 0. The first kappa shape index (κ1) is 15.7. The highest BCUT2D eigenvalue weighted by Crippen LogP contribution is 2.22. The van der Waals surface area contributed by atoms with Crippen LogP contribution in [0.2, 0.25) is 0 Å². The number of pyridine rings is 1. The molecule has 1 amide bonds. The average molecular weight is 318 g/mol. The first-order valence-corrected chi connectivity index (χ1v) is 7.58. The van der Waals surface area contributed by atoms with Crippen LogP contribution in [-0.4, -0.2) is 15.9 Å². The van der Waals surface area contributed by atoms with Gasteiger partial charge in [0.25, 0.3) is 5.91 Å². The standard InChI is InChI=1S/C19H18N4O/c20-12-18-16(19(21)24)11-17(23-18)14-8-9-22-15(10-14)7-6-13-4-2-1-3-5-13/h1-11,23H,12,20H2,(H2,21,24)/b7-6+. The van der Waals surface area contributed by atoms with Crippen molar-refractivity contribution in [2.75, 3.05) is 0 Å². The van der Waals surface area contributed by atoms with E-state index in [1.807, 2.05) is 54.6 Å². The molecule has 0 aliphatic carbocycles. The second-order valence-electron chi connectivity index (χ2n) is 5.36. The zero-order valence-electron chi connectivity index (χ0n) is 13.1. The lowest BCUT2D eigenvalue weighted by Crippen LogP contribution is -2.13. The van der Waals surface area contributed by atoms with E-state index in [-0.39, 0.29) is 6.54 Å². The molecule has 5 nitrogen and oxygen atoms in total. The number of hydrogen-bond acceptors (Lipinski definition) is 3. The number of benzene rings is 1. The highest BCUT2D eigenvalue weighted by atomic mass is 16.1. The summed E-state index contributed by atoms with van der Waals surface area (Å²) in [4.78, 5) is 19.0. The third-order valence-electron chi connectivity index (χ3n) is 3.71. The minimum absolute atomic E-state index is 0.226. The molecule has 0 fully saturated rings. The minimum atomic E-state index is -0.490. The minimum Gasteiger partial charge on any atom is -0.366 e. The fourth-order valence-electron chi connectivity index (χ4n) is 2.49. The second kappa shape index (κ2) is 6.93. The van der Waals surface area contributed by atoms with E-state index in [1.54, 1.807) is 12.3 Å². The van der Waals surface area contributed by atoms with Gasteiger partial charge in [-0.1, -0.05) is 36.4 Å². The molecule has 0 unspecified atom stereocenters. The zero-order chi connectivity index (χ0) is 16.9. The van der Waals surface area contributed by atoms with E-state index in [0.717, 1.165) is 22.5 Å². The van der Waals surface area contributed by atoms with Crippen molar-refractivity contribution in [3.05, 3.63) is 77.2 Å². The summed E-state index contributed by atoms with van der Waals surface area (Å²) in [5.74, 6) is -0.490. The molecule has 0 radical (unpaired) electrons. The number of hydrogen-bond donors (Lipinski definition) is 3. The van der Waals surface area contributed by atoms with Gasteiger partial charge >= 0.3 is 0 Å². The Balaban J connectivity index is 1.91. The lowest BCUT2D eigenvalue weighted by Gasteiger charge is -2.00. The summed E-state index contributed by atoms with van der Waals surface area (Å²) in [5.41, 5.74) is 15.7. The van der Waals surface area contributed by atoms with E-state index in [2.05, 4.69) is 9.97 Å². The molecule has 0 spiro atoms. The Bertz CT molecular complexity index is 881. The number of aromatic amines is 1. The SMILES string of the molecule is NCc1[nH]c(-c2ccnc(/C=C/c3ccccc3)c2)cc1C(N)=O. The number of nitrogens with two attached hydrogens (primary N) is 2. The Hall–Kier alpha value is -3.18. The van der Waals surface area contributed by atoms with Crippen LogP contribution in [0.1, 0.15) is 27.3 Å². The Morgan fingerprint density at radius 2 is 1.92 bits per heavy atom. The molecule has 0 aliphatic heterocycles. The van der Waals surface area contributed by atoms with Crippen molar-refractivity contribution in [3.63, 3.8) is 0 Å². The van der Waals surface area contributed by atoms with Crippen molar-refractivity contribution >= 4 is 18.1 Å². The lowest BCUT2D eigenvalue weighted by molar-refractivity contribution is 0.0999. The average Bonchev–Trinajstić information content (AvgIpc) is 3.06. The molecule has 0 saturated heterocycles. The Kier molecular flexibility index (Phi) is 4.54. The molecule has 1 aromatic carbocycles. The van der Waals surface area contributed by atoms with Crippen LogP contribution in [0.4, 0.5) is 0 Å². The summed E-state index contributed by atoms with van der Waals surface area (Å²) < 4.78 is 0. The fourth-order valence-corrected chi connectivity index (χ4v) is 2.49. The monoisotopic (exact) mass is 318 g/mol. The first-order valence-electron chi connectivity index (χ1n) is 7.58. The highest BCUT2D eigenvalue weighted by molar-refractivity contribution is 5.95. The van der Waals surface area contributed by atoms with Gasteiger partial charge in [-0.05, 0) is 29.8 Å². The van der Waals surface area contributed by atoms with Gasteiger partial charge in [0, 0.05) is 29.7 Å². The molecule has 2 heterocycles. The second-order valence-corrected chi connectivity index (χ2v) is 5.36. The quantitative estimate of drug-likeness (QED) is 0.674. The number of nitrogens with zero attached hydrogens (tertiary/aromatic N) is 1. The maximum Gasteiger partial charge on any atom is 0.250 e. The molecule has 3 rings (SSSR count). The Morgan fingerprint density at radius 1 is 1.12 bits per heavy atom. The van der Waals surface area contributed by atoms with Crippen LogP contribution >= 0.6 is 0 Å². The van der Waals surface area contributed by atoms with E-state index in [1.165, 1.54) is 0 Å². The van der Waals surface area contributed by atoms with Crippen molar-refractivity contribution in [2.24, 2.45) is 11.5 Å². The molecule has 0 bridgehead atoms. The van der Waals surface area contributed by atoms with E-state index >= 15 is 0 Å². The van der Waals surface area contributed by atoms with E-state index in [4.69, 9.17) is 11.5 Å². The molecule has 2 aromatic heterocycles. The predicted molar refractivity (Wildman–Crippen MR) is 95.8 cm³/mol. The van der Waals surface area contributed by atoms with Crippen LogP contribution in [0.3, 0.4) is 0 Å². The Labute approximate surface area is 140 Å². The smallest absolute Gasteiger partial charge is 0.250 e. The summed E-state index contributed by atoms with van der Waals surface area (Å²) in [5, 5.41) is 0. The van der Waals surface area contributed by atoms with Crippen LogP contribution in [0.5, 0.6) is 0 Å². The number of amides is 1. The molecule has 120 valence electrons. The van der Waals surface area contributed by atoms with Gasteiger partial charge in [0.05, 0.1) is 11.3 Å². The summed E-state index contributed by atoms with van der Waals surface area (Å²) in [6, 6.07) is 15.5.